The quantitative estimate of drug-likeness (QED) is 0.448. The predicted octanol–water partition coefficient (Wildman–Crippen LogP) is 5.08. The molecule has 33 heavy (non-hydrogen) atoms. The van der Waals surface area contributed by atoms with E-state index >= 15 is 0 Å². The predicted molar refractivity (Wildman–Crippen MR) is 131 cm³/mol. The van der Waals surface area contributed by atoms with E-state index in [1.807, 2.05) is 0 Å². The van der Waals surface area contributed by atoms with Gasteiger partial charge in [-0.2, -0.15) is 0 Å². The largest absolute Gasteiger partial charge is 0.492 e. The second kappa shape index (κ2) is 11.8. The normalized spacial score (nSPS) is 13.9. The number of hydrogen-bond donors (Lipinski definition) is 3. The maximum Gasteiger partial charge on any atom is 0.269 e. The second-order valence-corrected chi connectivity index (χ2v) is 9.51. The highest BCUT2D eigenvalue weighted by atomic mass is 79.9. The minimum atomic E-state index is -0.454. The van der Waals surface area contributed by atoms with Crippen LogP contribution in [0.4, 0.5) is 5.69 Å². The number of hydrazine groups is 1. The Morgan fingerprint density at radius 1 is 0.939 bits per heavy atom. The molecule has 2 aromatic rings. The van der Waals surface area contributed by atoms with Gasteiger partial charge in [0.25, 0.3) is 11.8 Å². The van der Waals surface area contributed by atoms with Gasteiger partial charge in [-0.05, 0) is 77.2 Å². The summed E-state index contributed by atoms with van der Waals surface area (Å²) in [6, 6.07) is 11.6. The number of rotatable bonds is 7. The van der Waals surface area contributed by atoms with Crippen molar-refractivity contribution >= 4 is 39.3 Å². The first-order valence-electron chi connectivity index (χ1n) is 11.3. The summed E-state index contributed by atoms with van der Waals surface area (Å²) in [5.74, 6) is 0.233. The van der Waals surface area contributed by atoms with Gasteiger partial charge < -0.3 is 10.1 Å². The molecular weight excluding hydrogens is 486 g/mol. The smallest absolute Gasteiger partial charge is 0.269 e. The van der Waals surface area contributed by atoms with Crippen LogP contribution in [0.5, 0.6) is 5.75 Å². The Balaban J connectivity index is 1.50. The molecule has 0 heterocycles. The molecule has 1 aliphatic carbocycles. The monoisotopic (exact) mass is 515 g/mol. The summed E-state index contributed by atoms with van der Waals surface area (Å²) >= 11 is 3.41. The van der Waals surface area contributed by atoms with E-state index in [4.69, 9.17) is 4.74 Å². The van der Waals surface area contributed by atoms with E-state index in [1.54, 1.807) is 42.5 Å². The fraction of sp³-hybridized carbons (Fsp3) is 0.400. The van der Waals surface area contributed by atoms with Crippen molar-refractivity contribution in [3.05, 3.63) is 58.1 Å². The molecule has 0 aliphatic heterocycles. The lowest BCUT2D eigenvalue weighted by Gasteiger charge is -2.20. The number of halogens is 1. The molecule has 0 unspecified atom stereocenters. The van der Waals surface area contributed by atoms with E-state index in [0.717, 1.165) is 25.7 Å². The summed E-state index contributed by atoms with van der Waals surface area (Å²) in [5.41, 5.74) is 6.21. The van der Waals surface area contributed by atoms with Crippen molar-refractivity contribution in [2.45, 2.75) is 46.0 Å². The van der Waals surface area contributed by atoms with Crippen molar-refractivity contribution in [2.75, 3.05) is 11.9 Å². The zero-order valence-electron chi connectivity index (χ0n) is 18.9. The van der Waals surface area contributed by atoms with E-state index in [0.29, 0.717) is 39.6 Å². The number of amides is 3. The Morgan fingerprint density at radius 3 is 2.15 bits per heavy atom. The Bertz CT molecular complexity index is 986. The first-order chi connectivity index (χ1) is 15.8. The summed E-state index contributed by atoms with van der Waals surface area (Å²) in [4.78, 5) is 37.2. The van der Waals surface area contributed by atoms with Crippen molar-refractivity contribution in [1.82, 2.24) is 10.9 Å². The molecule has 7 nitrogen and oxygen atoms in total. The SMILES string of the molecule is CC(C)COc1ccc(C(=O)NNC(=O)c2ccc(NC(=O)C3CCCCC3)cc2)cc1Br. The number of nitrogens with one attached hydrogen (secondary N) is 3. The molecular formula is C25H30BrN3O4. The summed E-state index contributed by atoms with van der Waals surface area (Å²) in [5, 5.41) is 2.92. The third kappa shape index (κ3) is 7.32. The molecule has 176 valence electrons. The van der Waals surface area contributed by atoms with Crippen molar-refractivity contribution in [3.8, 4) is 5.75 Å². The third-order valence-corrected chi connectivity index (χ3v) is 6.07. The molecule has 3 N–H and O–H groups in total. The van der Waals surface area contributed by atoms with Crippen LogP contribution in [0, 0.1) is 11.8 Å². The fourth-order valence-corrected chi connectivity index (χ4v) is 4.08. The lowest BCUT2D eigenvalue weighted by atomic mass is 9.88. The minimum Gasteiger partial charge on any atom is -0.492 e. The topological polar surface area (TPSA) is 96.5 Å². The van der Waals surface area contributed by atoms with Crippen LogP contribution in [0.25, 0.3) is 0 Å². The van der Waals surface area contributed by atoms with Crippen LogP contribution in [-0.4, -0.2) is 24.3 Å². The molecule has 2 aromatic carbocycles. The van der Waals surface area contributed by atoms with Gasteiger partial charge in [-0.25, -0.2) is 0 Å². The minimum absolute atomic E-state index is 0.0333. The highest BCUT2D eigenvalue weighted by Crippen LogP contribution is 2.27. The van der Waals surface area contributed by atoms with Crippen molar-refractivity contribution in [3.63, 3.8) is 0 Å². The lowest BCUT2D eigenvalue weighted by molar-refractivity contribution is -0.120. The van der Waals surface area contributed by atoms with Gasteiger partial charge in [0.2, 0.25) is 5.91 Å². The van der Waals surface area contributed by atoms with Gasteiger partial charge in [0.15, 0.2) is 0 Å². The van der Waals surface area contributed by atoms with Crippen molar-refractivity contribution in [2.24, 2.45) is 11.8 Å². The van der Waals surface area contributed by atoms with Crippen LogP contribution in [0.3, 0.4) is 0 Å². The first kappa shape index (κ1) is 24.8. The van der Waals surface area contributed by atoms with Crippen LogP contribution < -0.4 is 20.9 Å². The molecule has 0 aromatic heterocycles. The number of anilines is 1. The van der Waals surface area contributed by atoms with Gasteiger partial charge in [0, 0.05) is 22.7 Å². The van der Waals surface area contributed by atoms with Crippen LogP contribution in [0.15, 0.2) is 46.9 Å². The van der Waals surface area contributed by atoms with Crippen LogP contribution in [0.2, 0.25) is 0 Å². The van der Waals surface area contributed by atoms with E-state index in [2.05, 4.69) is 45.9 Å². The zero-order chi connectivity index (χ0) is 23.8. The van der Waals surface area contributed by atoms with Gasteiger partial charge in [-0.3, -0.25) is 25.2 Å². The molecule has 0 spiro atoms. The fourth-order valence-electron chi connectivity index (χ4n) is 3.59. The molecule has 0 radical (unpaired) electrons. The van der Waals surface area contributed by atoms with Crippen molar-refractivity contribution < 1.29 is 19.1 Å². The Labute approximate surface area is 202 Å². The first-order valence-corrected chi connectivity index (χ1v) is 12.1. The standard InChI is InChI=1S/C25H30BrN3O4/c1-16(2)15-33-22-13-10-19(14-21(22)26)25(32)29-28-24(31)18-8-11-20(12-9-18)27-23(30)17-6-4-3-5-7-17/h8-14,16-17H,3-7,15H2,1-2H3,(H,27,30)(H,28,31)(H,29,32). The molecule has 0 atom stereocenters. The summed E-state index contributed by atoms with van der Waals surface area (Å²) < 4.78 is 6.34. The zero-order valence-corrected chi connectivity index (χ0v) is 20.5. The van der Waals surface area contributed by atoms with Gasteiger partial charge in [-0.1, -0.05) is 33.1 Å². The average molecular weight is 516 g/mol. The third-order valence-electron chi connectivity index (χ3n) is 5.45. The molecule has 1 saturated carbocycles. The molecule has 8 heteroatoms. The molecule has 3 rings (SSSR count). The number of hydrogen-bond acceptors (Lipinski definition) is 4. The summed E-state index contributed by atoms with van der Waals surface area (Å²) in [6.07, 6.45) is 5.23. The maximum absolute atomic E-state index is 12.4. The average Bonchev–Trinajstić information content (AvgIpc) is 2.82. The highest BCUT2D eigenvalue weighted by Gasteiger charge is 2.21. The van der Waals surface area contributed by atoms with Gasteiger partial charge in [-0.15, -0.1) is 0 Å². The maximum atomic E-state index is 12.4. The highest BCUT2D eigenvalue weighted by molar-refractivity contribution is 9.10. The van der Waals surface area contributed by atoms with Crippen LogP contribution in [0.1, 0.15) is 66.7 Å². The van der Waals surface area contributed by atoms with Gasteiger partial charge >= 0.3 is 0 Å². The molecule has 1 fully saturated rings. The summed E-state index contributed by atoms with van der Waals surface area (Å²) in [7, 11) is 0. The molecule has 1 aliphatic rings. The number of benzene rings is 2. The Kier molecular flexibility index (Phi) is 8.88. The second-order valence-electron chi connectivity index (χ2n) is 8.66. The molecule has 0 bridgehead atoms. The summed E-state index contributed by atoms with van der Waals surface area (Å²) in [6.45, 7) is 4.68. The van der Waals surface area contributed by atoms with E-state index < -0.39 is 11.8 Å². The number of ether oxygens (including phenoxy) is 1. The van der Waals surface area contributed by atoms with E-state index in [9.17, 15) is 14.4 Å². The molecule has 3 amide bonds. The van der Waals surface area contributed by atoms with Crippen molar-refractivity contribution in [1.29, 1.82) is 0 Å². The van der Waals surface area contributed by atoms with E-state index in [-0.39, 0.29) is 11.8 Å². The molecule has 0 saturated heterocycles. The lowest BCUT2D eigenvalue weighted by Crippen LogP contribution is -2.41. The number of carbonyl (C=O) groups is 3. The van der Waals surface area contributed by atoms with E-state index in [1.165, 1.54) is 6.42 Å². The van der Waals surface area contributed by atoms with Crippen LogP contribution in [-0.2, 0) is 4.79 Å². The van der Waals surface area contributed by atoms with Gasteiger partial charge in [0.05, 0.1) is 11.1 Å². The van der Waals surface area contributed by atoms with Crippen LogP contribution >= 0.6 is 15.9 Å². The number of carbonyl (C=O) groups excluding carboxylic acids is 3. The Hall–Kier alpha value is -2.87. The Morgan fingerprint density at radius 2 is 1.55 bits per heavy atom. The van der Waals surface area contributed by atoms with Gasteiger partial charge in [0.1, 0.15) is 5.75 Å².